The van der Waals surface area contributed by atoms with Crippen LogP contribution in [0.1, 0.15) is 22.8 Å². The number of halogens is 1. The van der Waals surface area contributed by atoms with Crippen LogP contribution in [-0.4, -0.2) is 17.4 Å². The summed E-state index contributed by atoms with van der Waals surface area (Å²) >= 11 is 0. The van der Waals surface area contributed by atoms with Crippen LogP contribution in [0.25, 0.3) is 0 Å². The van der Waals surface area contributed by atoms with E-state index in [2.05, 4.69) is 4.98 Å². The van der Waals surface area contributed by atoms with Crippen molar-refractivity contribution in [3.63, 3.8) is 0 Å². The second-order valence-corrected chi connectivity index (χ2v) is 4.00. The first kappa shape index (κ1) is 13.2. The van der Waals surface area contributed by atoms with Gasteiger partial charge < -0.3 is 4.74 Å². The van der Waals surface area contributed by atoms with Gasteiger partial charge in [0.15, 0.2) is 11.6 Å². The third-order valence-corrected chi connectivity index (χ3v) is 2.65. The molecule has 0 saturated heterocycles. The number of rotatable bonds is 5. The Morgan fingerprint density at radius 3 is 2.68 bits per heavy atom. The van der Waals surface area contributed by atoms with Crippen molar-refractivity contribution in [3.05, 3.63) is 59.5 Å². The molecule has 2 rings (SSSR count). The van der Waals surface area contributed by atoms with Gasteiger partial charge in [-0.1, -0.05) is 30.3 Å². The summed E-state index contributed by atoms with van der Waals surface area (Å²) in [5.74, 6) is -1.10. The Morgan fingerprint density at radius 1 is 1.26 bits per heavy atom. The lowest BCUT2D eigenvalue weighted by atomic mass is 10.0. The summed E-state index contributed by atoms with van der Waals surface area (Å²) in [6, 6.07) is 10.6. The standard InChI is InChI=1S/C15H14FNO2/c1-2-19-15-14(16)12(8-9-17-15)13(18)10-11-6-4-3-5-7-11/h3-9H,2,10H2,1H3. The van der Waals surface area contributed by atoms with Crippen molar-refractivity contribution in [2.75, 3.05) is 6.61 Å². The molecule has 4 heteroatoms. The molecule has 0 N–H and O–H groups in total. The third kappa shape index (κ3) is 3.16. The van der Waals surface area contributed by atoms with Gasteiger partial charge in [-0.2, -0.15) is 0 Å². The first-order valence-electron chi connectivity index (χ1n) is 6.06. The van der Waals surface area contributed by atoms with Gasteiger partial charge in [-0.3, -0.25) is 4.79 Å². The van der Waals surface area contributed by atoms with Crippen molar-refractivity contribution in [2.45, 2.75) is 13.3 Å². The lowest BCUT2D eigenvalue weighted by Crippen LogP contribution is -2.09. The van der Waals surface area contributed by atoms with Gasteiger partial charge in [0.2, 0.25) is 0 Å². The van der Waals surface area contributed by atoms with Crippen LogP contribution >= 0.6 is 0 Å². The van der Waals surface area contributed by atoms with E-state index in [1.165, 1.54) is 12.3 Å². The highest BCUT2D eigenvalue weighted by Crippen LogP contribution is 2.19. The Kier molecular flexibility index (Phi) is 4.23. The van der Waals surface area contributed by atoms with Crippen LogP contribution in [0.5, 0.6) is 5.88 Å². The molecule has 0 unspecified atom stereocenters. The Hall–Kier alpha value is -2.23. The first-order valence-corrected chi connectivity index (χ1v) is 6.06. The summed E-state index contributed by atoms with van der Waals surface area (Å²) in [4.78, 5) is 15.8. The minimum atomic E-state index is -0.690. The predicted molar refractivity (Wildman–Crippen MR) is 69.8 cm³/mol. The Bertz CT molecular complexity index is 570. The molecule has 3 nitrogen and oxygen atoms in total. The van der Waals surface area contributed by atoms with Crippen LogP contribution in [0.2, 0.25) is 0 Å². The normalized spacial score (nSPS) is 10.2. The molecule has 0 aliphatic heterocycles. The maximum atomic E-state index is 14.0. The van der Waals surface area contributed by atoms with Crippen LogP contribution in [0.3, 0.4) is 0 Å². The molecule has 98 valence electrons. The maximum absolute atomic E-state index is 14.0. The van der Waals surface area contributed by atoms with Crippen LogP contribution < -0.4 is 4.74 Å². The number of hydrogen-bond acceptors (Lipinski definition) is 3. The molecule has 0 bridgehead atoms. The summed E-state index contributed by atoms with van der Waals surface area (Å²) in [5, 5.41) is 0. The smallest absolute Gasteiger partial charge is 0.251 e. The molecule has 0 spiro atoms. The van der Waals surface area contributed by atoms with Gasteiger partial charge in [0.25, 0.3) is 5.88 Å². The largest absolute Gasteiger partial charge is 0.476 e. The zero-order valence-electron chi connectivity index (χ0n) is 10.6. The minimum absolute atomic E-state index is 0.0160. The van der Waals surface area contributed by atoms with Gasteiger partial charge in [-0.25, -0.2) is 9.37 Å². The van der Waals surface area contributed by atoms with E-state index in [0.717, 1.165) is 5.56 Å². The average molecular weight is 259 g/mol. The van der Waals surface area contributed by atoms with Crippen molar-refractivity contribution in [1.29, 1.82) is 0 Å². The molecule has 0 amide bonds. The summed E-state index contributed by atoms with van der Waals surface area (Å²) < 4.78 is 19.0. The van der Waals surface area contributed by atoms with Crippen molar-refractivity contribution in [3.8, 4) is 5.88 Å². The minimum Gasteiger partial charge on any atom is -0.476 e. The molecule has 1 aromatic heterocycles. The number of carbonyl (C=O) groups is 1. The fourth-order valence-electron chi connectivity index (χ4n) is 1.75. The third-order valence-electron chi connectivity index (χ3n) is 2.65. The van der Waals surface area contributed by atoms with Gasteiger partial charge >= 0.3 is 0 Å². The van der Waals surface area contributed by atoms with E-state index in [1.54, 1.807) is 6.92 Å². The van der Waals surface area contributed by atoms with E-state index in [-0.39, 0.29) is 23.6 Å². The van der Waals surface area contributed by atoms with Crippen LogP contribution in [-0.2, 0) is 6.42 Å². The molecule has 0 fully saturated rings. The molecule has 1 aromatic carbocycles. The molecule has 0 aliphatic rings. The Balaban J connectivity index is 2.22. The quantitative estimate of drug-likeness (QED) is 0.775. The van der Waals surface area contributed by atoms with Gasteiger partial charge in [0.05, 0.1) is 12.2 Å². The van der Waals surface area contributed by atoms with Crippen molar-refractivity contribution < 1.29 is 13.9 Å². The molecule has 0 radical (unpaired) electrons. The highest BCUT2D eigenvalue weighted by atomic mass is 19.1. The van der Waals surface area contributed by atoms with E-state index in [0.29, 0.717) is 6.61 Å². The van der Waals surface area contributed by atoms with Gasteiger partial charge in [0, 0.05) is 12.6 Å². The molecule has 0 aliphatic carbocycles. The predicted octanol–water partition coefficient (Wildman–Crippen LogP) is 3.04. The number of hydrogen-bond donors (Lipinski definition) is 0. The molecule has 0 saturated carbocycles. The fraction of sp³-hybridized carbons (Fsp3) is 0.200. The SMILES string of the molecule is CCOc1nccc(C(=O)Cc2ccccc2)c1F. The number of Topliss-reactive ketones (excluding diaryl/α,β-unsaturated/α-hetero) is 1. The van der Waals surface area contributed by atoms with Crippen LogP contribution in [0, 0.1) is 5.82 Å². The fourth-order valence-corrected chi connectivity index (χ4v) is 1.75. The van der Waals surface area contributed by atoms with E-state index in [1.807, 2.05) is 30.3 Å². The number of benzene rings is 1. The molecule has 1 heterocycles. The van der Waals surface area contributed by atoms with Crippen LogP contribution in [0.15, 0.2) is 42.6 Å². The first-order chi connectivity index (χ1) is 9.22. The molecule has 2 aromatic rings. The number of carbonyl (C=O) groups excluding carboxylic acids is 1. The van der Waals surface area contributed by atoms with Gasteiger partial charge in [0.1, 0.15) is 0 Å². The second-order valence-electron chi connectivity index (χ2n) is 4.00. The number of pyridine rings is 1. The number of ketones is 1. The topological polar surface area (TPSA) is 39.2 Å². The van der Waals surface area contributed by atoms with Crippen molar-refractivity contribution >= 4 is 5.78 Å². The maximum Gasteiger partial charge on any atom is 0.251 e. The summed E-state index contributed by atoms with van der Waals surface area (Å²) in [5.41, 5.74) is 0.865. The van der Waals surface area contributed by atoms with Gasteiger partial charge in [-0.05, 0) is 18.6 Å². The number of nitrogens with zero attached hydrogens (tertiary/aromatic N) is 1. The van der Waals surface area contributed by atoms with Gasteiger partial charge in [-0.15, -0.1) is 0 Å². The summed E-state index contributed by atoms with van der Waals surface area (Å²) in [6.45, 7) is 2.04. The van der Waals surface area contributed by atoms with Crippen LogP contribution in [0.4, 0.5) is 4.39 Å². The highest BCUT2D eigenvalue weighted by Gasteiger charge is 2.17. The number of aromatic nitrogens is 1. The van der Waals surface area contributed by atoms with E-state index in [9.17, 15) is 9.18 Å². The monoisotopic (exact) mass is 259 g/mol. The highest BCUT2D eigenvalue weighted by molar-refractivity contribution is 5.97. The number of ether oxygens (including phenoxy) is 1. The molecule has 0 atom stereocenters. The summed E-state index contributed by atoms with van der Waals surface area (Å²) in [6.07, 6.45) is 1.54. The van der Waals surface area contributed by atoms with Crippen molar-refractivity contribution in [1.82, 2.24) is 4.98 Å². The summed E-state index contributed by atoms with van der Waals surface area (Å²) in [7, 11) is 0. The van der Waals surface area contributed by atoms with E-state index in [4.69, 9.17) is 4.74 Å². The van der Waals surface area contributed by atoms with E-state index < -0.39 is 5.82 Å². The molecule has 19 heavy (non-hydrogen) atoms. The second kappa shape index (κ2) is 6.09. The Morgan fingerprint density at radius 2 is 2.00 bits per heavy atom. The average Bonchev–Trinajstić information content (AvgIpc) is 2.42. The zero-order valence-corrected chi connectivity index (χ0v) is 10.6. The van der Waals surface area contributed by atoms with E-state index >= 15 is 0 Å². The molecular formula is C15H14FNO2. The lowest BCUT2D eigenvalue weighted by molar-refractivity contribution is 0.0987. The lowest BCUT2D eigenvalue weighted by Gasteiger charge is -2.07. The van der Waals surface area contributed by atoms with Crippen molar-refractivity contribution in [2.24, 2.45) is 0 Å². The Labute approximate surface area is 111 Å². The molecular weight excluding hydrogens is 245 g/mol. The zero-order chi connectivity index (χ0) is 13.7.